The highest BCUT2D eigenvalue weighted by atomic mass is 35.5. The van der Waals surface area contributed by atoms with Crippen molar-refractivity contribution in [2.45, 2.75) is 25.9 Å². The number of hydrogen-bond acceptors (Lipinski definition) is 6. The summed E-state index contributed by atoms with van der Waals surface area (Å²) in [5.41, 5.74) is 1.50. The Balaban J connectivity index is 1.47. The molecule has 4 aromatic carbocycles. The van der Waals surface area contributed by atoms with Crippen LogP contribution in [0.3, 0.4) is 0 Å². The molecule has 1 spiro atoms. The average molecular weight is 622 g/mol. The van der Waals surface area contributed by atoms with Gasteiger partial charge in [-0.1, -0.05) is 65.4 Å². The Morgan fingerprint density at radius 2 is 1.75 bits per heavy atom. The average Bonchev–Trinajstić information content (AvgIpc) is 3.61. The maximum Gasteiger partial charge on any atom is 0.297 e. The number of rotatable bonds is 3. The van der Waals surface area contributed by atoms with Crippen molar-refractivity contribution in [2.24, 2.45) is 0 Å². The van der Waals surface area contributed by atoms with Crippen LogP contribution in [0.5, 0.6) is 0 Å². The lowest BCUT2D eigenvalue weighted by Gasteiger charge is -2.32. The molecule has 2 amide bonds. The number of nitrogens with zero attached hydrogens (tertiary/aromatic N) is 3. The molecule has 1 atom stereocenters. The Morgan fingerprint density at radius 1 is 0.977 bits per heavy atom. The lowest BCUT2D eigenvalue weighted by Crippen LogP contribution is -2.53. The predicted molar refractivity (Wildman–Crippen MR) is 168 cm³/mol. The van der Waals surface area contributed by atoms with Gasteiger partial charge >= 0.3 is 0 Å². The molecule has 0 saturated carbocycles. The standard InChI is InChI=1S/C34H21ClFN3O4S/c1-17-13-18(2)28-26(14-17)44-33(37-28)39-31(41)30-27(29(40)21-15-20(36)11-12-25(21)43-30)34(39)22-8-4-6-10-24(22)38(32(34)42)16-19-7-3-5-9-23(19)35/h3-15H,16H2,1-2H3. The molecule has 2 aliphatic heterocycles. The van der Waals surface area contributed by atoms with Gasteiger partial charge in [-0.3, -0.25) is 19.3 Å². The highest BCUT2D eigenvalue weighted by molar-refractivity contribution is 7.22. The highest BCUT2D eigenvalue weighted by Crippen LogP contribution is 2.55. The molecule has 216 valence electrons. The predicted octanol–water partition coefficient (Wildman–Crippen LogP) is 7.26. The molecule has 1 unspecified atom stereocenters. The molecule has 4 heterocycles. The SMILES string of the molecule is Cc1cc(C)c2nc(N3C(=O)c4oc5ccc(F)cc5c(=O)c4C34C(=O)N(Cc3ccccc3Cl)c3ccccc34)sc2c1. The Labute approximate surface area is 258 Å². The van der Waals surface area contributed by atoms with Gasteiger partial charge in [-0.15, -0.1) is 0 Å². The molecule has 10 heteroatoms. The fourth-order valence-corrected chi connectivity index (χ4v) is 7.93. The van der Waals surface area contributed by atoms with E-state index in [0.717, 1.165) is 28.0 Å². The van der Waals surface area contributed by atoms with Crippen LogP contribution >= 0.6 is 22.9 Å². The molecule has 0 fully saturated rings. The first-order chi connectivity index (χ1) is 21.2. The number of carbonyl (C=O) groups is 2. The van der Waals surface area contributed by atoms with Crippen LogP contribution in [0.4, 0.5) is 15.2 Å². The summed E-state index contributed by atoms with van der Waals surface area (Å²) < 4.78 is 21.3. The quantitative estimate of drug-likeness (QED) is 0.208. The van der Waals surface area contributed by atoms with Gasteiger partial charge in [0.1, 0.15) is 11.4 Å². The number of anilines is 2. The number of carbonyl (C=O) groups excluding carboxylic acids is 2. The normalized spacial score (nSPS) is 17.4. The molecule has 0 N–H and O–H groups in total. The molecule has 7 nitrogen and oxygen atoms in total. The van der Waals surface area contributed by atoms with Crippen LogP contribution in [0.1, 0.15) is 38.4 Å². The van der Waals surface area contributed by atoms with Crippen LogP contribution in [0, 0.1) is 19.7 Å². The first-order valence-electron chi connectivity index (χ1n) is 13.8. The summed E-state index contributed by atoms with van der Waals surface area (Å²) in [6.07, 6.45) is 0. The maximum atomic E-state index is 15.1. The Bertz CT molecular complexity index is 2310. The zero-order chi connectivity index (χ0) is 30.5. The monoisotopic (exact) mass is 621 g/mol. The van der Waals surface area contributed by atoms with E-state index in [0.29, 0.717) is 27.4 Å². The van der Waals surface area contributed by atoms with Crippen LogP contribution in [0.25, 0.3) is 21.2 Å². The van der Waals surface area contributed by atoms with Crippen LogP contribution < -0.4 is 15.2 Å². The van der Waals surface area contributed by atoms with E-state index in [1.54, 1.807) is 36.4 Å². The van der Waals surface area contributed by atoms with Gasteiger partial charge in [0.05, 0.1) is 33.4 Å². The Kier molecular flexibility index (Phi) is 5.66. The molecular formula is C34H21ClFN3O4S. The second-order valence-corrected chi connectivity index (χ2v) is 12.5. The second kappa shape index (κ2) is 9.32. The summed E-state index contributed by atoms with van der Waals surface area (Å²) >= 11 is 7.78. The van der Waals surface area contributed by atoms with Crippen molar-refractivity contribution >= 4 is 66.8 Å². The molecule has 8 rings (SSSR count). The molecule has 0 radical (unpaired) electrons. The van der Waals surface area contributed by atoms with E-state index < -0.39 is 28.6 Å². The molecule has 0 bridgehead atoms. The second-order valence-electron chi connectivity index (χ2n) is 11.1. The van der Waals surface area contributed by atoms with Gasteiger partial charge in [0, 0.05) is 10.6 Å². The van der Waals surface area contributed by atoms with E-state index in [-0.39, 0.29) is 34.0 Å². The fraction of sp³-hybridized carbons (Fsp3) is 0.118. The van der Waals surface area contributed by atoms with Crippen molar-refractivity contribution in [2.75, 3.05) is 9.80 Å². The van der Waals surface area contributed by atoms with Gasteiger partial charge in [-0.05, 0) is 66.9 Å². The molecular weight excluding hydrogens is 601 g/mol. The zero-order valence-electron chi connectivity index (χ0n) is 23.4. The van der Waals surface area contributed by atoms with Gasteiger partial charge in [-0.25, -0.2) is 9.37 Å². The molecule has 0 saturated heterocycles. The number of aryl methyl sites for hydroxylation is 2. The fourth-order valence-electron chi connectivity index (χ4n) is 6.54. The summed E-state index contributed by atoms with van der Waals surface area (Å²) in [5.74, 6) is -2.14. The number of amides is 2. The molecule has 0 aliphatic carbocycles. The van der Waals surface area contributed by atoms with E-state index in [4.69, 9.17) is 21.0 Å². The van der Waals surface area contributed by atoms with Crippen LogP contribution in [0.2, 0.25) is 5.02 Å². The third-order valence-corrected chi connectivity index (χ3v) is 9.74. The minimum atomic E-state index is -1.96. The van der Waals surface area contributed by atoms with Gasteiger partial charge in [0.25, 0.3) is 11.8 Å². The Hall–Kier alpha value is -4.86. The third kappa shape index (κ3) is 3.48. The van der Waals surface area contributed by atoms with Crippen molar-refractivity contribution in [1.82, 2.24) is 4.98 Å². The topological polar surface area (TPSA) is 83.7 Å². The number of thiazole rings is 1. The summed E-state index contributed by atoms with van der Waals surface area (Å²) in [4.78, 5) is 51.7. The summed E-state index contributed by atoms with van der Waals surface area (Å²) in [6, 6.07) is 21.7. The summed E-state index contributed by atoms with van der Waals surface area (Å²) in [5, 5.41) is 0.641. The number of hydrogen-bond donors (Lipinski definition) is 0. The number of para-hydroxylation sites is 1. The maximum absolute atomic E-state index is 15.1. The van der Waals surface area contributed by atoms with Crippen LogP contribution in [-0.2, 0) is 16.9 Å². The zero-order valence-corrected chi connectivity index (χ0v) is 24.9. The van der Waals surface area contributed by atoms with Gasteiger partial charge in [-0.2, -0.15) is 0 Å². The Morgan fingerprint density at radius 3 is 2.57 bits per heavy atom. The molecule has 2 aliphatic rings. The van der Waals surface area contributed by atoms with Crippen molar-refractivity contribution in [3.8, 4) is 0 Å². The van der Waals surface area contributed by atoms with Crippen molar-refractivity contribution in [3.63, 3.8) is 0 Å². The van der Waals surface area contributed by atoms with Gasteiger partial charge in [0.2, 0.25) is 5.76 Å². The largest absolute Gasteiger partial charge is 0.450 e. The number of benzene rings is 4. The van der Waals surface area contributed by atoms with E-state index >= 15 is 4.79 Å². The van der Waals surface area contributed by atoms with E-state index in [1.165, 1.54) is 27.2 Å². The first-order valence-corrected chi connectivity index (χ1v) is 15.0. The van der Waals surface area contributed by atoms with Crippen LogP contribution in [-0.4, -0.2) is 16.8 Å². The minimum Gasteiger partial charge on any atom is -0.450 e. The smallest absolute Gasteiger partial charge is 0.297 e. The summed E-state index contributed by atoms with van der Waals surface area (Å²) in [7, 11) is 0. The van der Waals surface area contributed by atoms with E-state index in [9.17, 15) is 14.0 Å². The number of aromatic nitrogens is 1. The molecule has 44 heavy (non-hydrogen) atoms. The van der Waals surface area contributed by atoms with E-state index in [1.807, 2.05) is 38.1 Å². The van der Waals surface area contributed by atoms with Crippen LogP contribution in [0.15, 0.2) is 88.1 Å². The minimum absolute atomic E-state index is 0.0444. The lowest BCUT2D eigenvalue weighted by atomic mass is 9.84. The van der Waals surface area contributed by atoms with E-state index in [2.05, 4.69) is 0 Å². The van der Waals surface area contributed by atoms with Crippen molar-refractivity contribution in [3.05, 3.63) is 134 Å². The lowest BCUT2D eigenvalue weighted by molar-refractivity contribution is -0.121. The van der Waals surface area contributed by atoms with Gasteiger partial charge < -0.3 is 9.32 Å². The van der Waals surface area contributed by atoms with Crippen molar-refractivity contribution < 1.29 is 18.4 Å². The van der Waals surface area contributed by atoms with Crippen molar-refractivity contribution in [1.29, 1.82) is 0 Å². The highest BCUT2D eigenvalue weighted by Gasteiger charge is 2.66. The first kappa shape index (κ1) is 26.7. The third-order valence-electron chi connectivity index (χ3n) is 8.38. The molecule has 2 aromatic heterocycles. The number of fused-ring (bicyclic) bond motifs is 6. The summed E-state index contributed by atoms with van der Waals surface area (Å²) in [6.45, 7) is 3.99. The van der Waals surface area contributed by atoms with Gasteiger partial charge in [0.15, 0.2) is 16.1 Å². The number of halogens is 2. The molecule has 6 aromatic rings.